The first kappa shape index (κ1) is 13.8. The number of furan rings is 1. The van der Waals surface area contributed by atoms with Crippen molar-refractivity contribution in [3.8, 4) is 11.3 Å². The van der Waals surface area contributed by atoms with Crippen LogP contribution in [-0.4, -0.2) is 18.3 Å². The summed E-state index contributed by atoms with van der Waals surface area (Å²) >= 11 is 6.94. The summed E-state index contributed by atoms with van der Waals surface area (Å²) in [6, 6.07) is 9.85. The fourth-order valence-corrected chi connectivity index (χ4v) is 2.84. The zero-order valence-electron chi connectivity index (χ0n) is 9.62. The van der Waals surface area contributed by atoms with Crippen LogP contribution in [-0.2, 0) is 6.54 Å². The van der Waals surface area contributed by atoms with Crippen molar-refractivity contribution in [3.05, 3.63) is 45.0 Å². The second-order valence-electron chi connectivity index (χ2n) is 3.79. The van der Waals surface area contributed by atoms with Gasteiger partial charge in [0.25, 0.3) is 0 Å². The van der Waals surface area contributed by atoms with Crippen molar-refractivity contribution in [1.29, 1.82) is 0 Å². The molecule has 0 saturated heterocycles. The minimum atomic E-state index is 0.131. The van der Waals surface area contributed by atoms with Crippen molar-refractivity contribution in [3.63, 3.8) is 0 Å². The largest absolute Gasteiger partial charge is 0.460 e. The van der Waals surface area contributed by atoms with E-state index in [2.05, 4.69) is 37.2 Å². The Morgan fingerprint density at radius 3 is 2.72 bits per heavy atom. The van der Waals surface area contributed by atoms with Crippen molar-refractivity contribution in [2.24, 2.45) is 0 Å². The molecule has 2 N–H and O–H groups in total. The predicted octanol–water partition coefficient (Wildman–Crippen LogP) is 3.55. The SMILES string of the molecule is OCCNCc1ccc(-c2ccc(Br)cc2Br)o1. The highest BCUT2D eigenvalue weighted by Crippen LogP contribution is 2.31. The van der Waals surface area contributed by atoms with Crippen molar-refractivity contribution in [2.75, 3.05) is 13.2 Å². The molecule has 0 amide bonds. The third-order valence-electron chi connectivity index (χ3n) is 2.45. The first-order valence-corrected chi connectivity index (χ1v) is 7.15. The van der Waals surface area contributed by atoms with E-state index < -0.39 is 0 Å². The van der Waals surface area contributed by atoms with Gasteiger partial charge in [-0.15, -0.1) is 0 Å². The third kappa shape index (κ3) is 3.45. The van der Waals surface area contributed by atoms with Gasteiger partial charge < -0.3 is 14.8 Å². The molecule has 2 aromatic rings. The van der Waals surface area contributed by atoms with Crippen LogP contribution in [0.3, 0.4) is 0 Å². The van der Waals surface area contributed by atoms with Gasteiger partial charge in [0.2, 0.25) is 0 Å². The number of aliphatic hydroxyl groups excluding tert-OH is 1. The molecule has 0 unspecified atom stereocenters. The molecule has 0 aliphatic rings. The van der Waals surface area contributed by atoms with Gasteiger partial charge in [-0.3, -0.25) is 0 Å². The zero-order chi connectivity index (χ0) is 13.0. The molecule has 0 aliphatic heterocycles. The quantitative estimate of drug-likeness (QED) is 0.786. The summed E-state index contributed by atoms with van der Waals surface area (Å²) < 4.78 is 7.76. The molecule has 0 spiro atoms. The maximum absolute atomic E-state index is 8.69. The van der Waals surface area contributed by atoms with Crippen molar-refractivity contribution in [2.45, 2.75) is 6.54 Å². The van der Waals surface area contributed by atoms with E-state index in [1.165, 1.54) is 0 Å². The van der Waals surface area contributed by atoms with Crippen LogP contribution in [0.25, 0.3) is 11.3 Å². The van der Waals surface area contributed by atoms with E-state index in [1.807, 2.05) is 30.3 Å². The van der Waals surface area contributed by atoms with Gasteiger partial charge in [-0.1, -0.05) is 15.9 Å². The maximum Gasteiger partial charge on any atom is 0.135 e. The van der Waals surface area contributed by atoms with Gasteiger partial charge in [0, 0.05) is 21.1 Å². The van der Waals surface area contributed by atoms with Crippen LogP contribution in [0.2, 0.25) is 0 Å². The van der Waals surface area contributed by atoms with Gasteiger partial charge >= 0.3 is 0 Å². The number of aliphatic hydroxyl groups is 1. The monoisotopic (exact) mass is 373 g/mol. The smallest absolute Gasteiger partial charge is 0.135 e. The molecule has 0 fully saturated rings. The van der Waals surface area contributed by atoms with E-state index in [4.69, 9.17) is 9.52 Å². The molecule has 0 aliphatic carbocycles. The Bertz CT molecular complexity index is 525. The molecule has 0 saturated carbocycles. The van der Waals surface area contributed by atoms with Gasteiger partial charge in [-0.2, -0.15) is 0 Å². The van der Waals surface area contributed by atoms with Crippen molar-refractivity contribution >= 4 is 31.9 Å². The first-order valence-electron chi connectivity index (χ1n) is 5.56. The number of nitrogens with one attached hydrogen (secondary N) is 1. The second-order valence-corrected chi connectivity index (χ2v) is 5.56. The fourth-order valence-electron chi connectivity index (χ4n) is 1.60. The topological polar surface area (TPSA) is 45.4 Å². The lowest BCUT2D eigenvalue weighted by atomic mass is 10.2. The van der Waals surface area contributed by atoms with E-state index in [0.29, 0.717) is 13.1 Å². The lowest BCUT2D eigenvalue weighted by Crippen LogP contribution is -2.16. The summed E-state index contributed by atoms with van der Waals surface area (Å²) in [5.74, 6) is 1.68. The predicted molar refractivity (Wildman–Crippen MR) is 78.3 cm³/mol. The molecule has 2 rings (SSSR count). The van der Waals surface area contributed by atoms with Crippen LogP contribution in [0.5, 0.6) is 0 Å². The van der Waals surface area contributed by atoms with Gasteiger partial charge in [-0.05, 0) is 46.3 Å². The highest BCUT2D eigenvalue weighted by Gasteiger charge is 2.08. The third-order valence-corrected chi connectivity index (χ3v) is 3.60. The molecule has 1 heterocycles. The summed E-state index contributed by atoms with van der Waals surface area (Å²) in [6.45, 7) is 1.32. The molecule has 0 atom stereocenters. The summed E-state index contributed by atoms with van der Waals surface area (Å²) in [6.07, 6.45) is 0. The van der Waals surface area contributed by atoms with E-state index in [-0.39, 0.29) is 6.61 Å². The maximum atomic E-state index is 8.69. The van der Waals surface area contributed by atoms with Crippen LogP contribution in [0.4, 0.5) is 0 Å². The molecule has 0 bridgehead atoms. The Balaban J connectivity index is 2.13. The molecular formula is C13H13Br2NO2. The summed E-state index contributed by atoms with van der Waals surface area (Å²) in [7, 11) is 0. The molecule has 1 aromatic heterocycles. The van der Waals surface area contributed by atoms with E-state index in [1.54, 1.807) is 0 Å². The standard InChI is InChI=1S/C13H13Br2NO2/c14-9-1-3-11(12(15)7-9)13-4-2-10(18-13)8-16-5-6-17/h1-4,7,16-17H,5-6,8H2. The van der Waals surface area contributed by atoms with E-state index in [9.17, 15) is 0 Å². The number of hydrogen-bond acceptors (Lipinski definition) is 3. The summed E-state index contributed by atoms with van der Waals surface area (Å²) in [5.41, 5.74) is 1.02. The molecule has 18 heavy (non-hydrogen) atoms. The molecular weight excluding hydrogens is 362 g/mol. The minimum Gasteiger partial charge on any atom is -0.460 e. The Morgan fingerprint density at radius 1 is 1.17 bits per heavy atom. The Hall–Kier alpha value is -0.620. The van der Waals surface area contributed by atoms with E-state index in [0.717, 1.165) is 26.0 Å². The normalized spacial score (nSPS) is 10.8. The van der Waals surface area contributed by atoms with Crippen molar-refractivity contribution < 1.29 is 9.52 Å². The van der Waals surface area contributed by atoms with Crippen LogP contribution < -0.4 is 5.32 Å². The van der Waals surface area contributed by atoms with Crippen LogP contribution in [0.1, 0.15) is 5.76 Å². The molecule has 5 heteroatoms. The summed E-state index contributed by atoms with van der Waals surface area (Å²) in [5, 5.41) is 11.8. The first-order chi connectivity index (χ1) is 8.70. The zero-order valence-corrected chi connectivity index (χ0v) is 12.8. The lowest BCUT2D eigenvalue weighted by Gasteiger charge is -2.02. The van der Waals surface area contributed by atoms with Gasteiger partial charge in [0.15, 0.2) is 0 Å². The van der Waals surface area contributed by atoms with Gasteiger partial charge in [0.05, 0.1) is 13.2 Å². The molecule has 96 valence electrons. The van der Waals surface area contributed by atoms with Crippen molar-refractivity contribution in [1.82, 2.24) is 5.32 Å². The fraction of sp³-hybridized carbons (Fsp3) is 0.231. The molecule has 1 aromatic carbocycles. The van der Waals surface area contributed by atoms with Gasteiger partial charge in [-0.25, -0.2) is 0 Å². The average molecular weight is 375 g/mol. The average Bonchev–Trinajstić information content (AvgIpc) is 2.78. The number of halogens is 2. The Labute approximate surface area is 122 Å². The van der Waals surface area contributed by atoms with Crippen LogP contribution >= 0.6 is 31.9 Å². The Morgan fingerprint density at radius 2 is 2.00 bits per heavy atom. The van der Waals surface area contributed by atoms with E-state index >= 15 is 0 Å². The summed E-state index contributed by atoms with van der Waals surface area (Å²) in [4.78, 5) is 0. The molecule has 3 nitrogen and oxygen atoms in total. The number of hydrogen-bond donors (Lipinski definition) is 2. The van der Waals surface area contributed by atoms with Crippen LogP contribution in [0.15, 0.2) is 43.7 Å². The molecule has 0 radical (unpaired) electrons. The number of benzene rings is 1. The Kier molecular flexibility index (Phi) is 5.00. The number of rotatable bonds is 5. The minimum absolute atomic E-state index is 0.131. The highest BCUT2D eigenvalue weighted by molar-refractivity contribution is 9.11. The second kappa shape index (κ2) is 6.52. The highest BCUT2D eigenvalue weighted by atomic mass is 79.9. The van der Waals surface area contributed by atoms with Crippen LogP contribution in [0, 0.1) is 0 Å². The van der Waals surface area contributed by atoms with Gasteiger partial charge in [0.1, 0.15) is 11.5 Å². The lowest BCUT2D eigenvalue weighted by molar-refractivity contribution is 0.290.